The first-order valence-corrected chi connectivity index (χ1v) is 7.89. The molecule has 0 aromatic heterocycles. The first-order chi connectivity index (χ1) is 12.2. The van der Waals surface area contributed by atoms with Gasteiger partial charge in [-0.25, -0.2) is 0 Å². The number of nitrogens with one attached hydrogen (secondary N) is 1. The summed E-state index contributed by atoms with van der Waals surface area (Å²) in [5.74, 6) is 2.35. The second kappa shape index (κ2) is 7.61. The molecule has 0 bridgehead atoms. The highest BCUT2D eigenvalue weighted by Crippen LogP contribution is 2.34. The Balaban J connectivity index is 1.66. The van der Waals surface area contributed by atoms with Crippen LogP contribution in [0.1, 0.15) is 12.5 Å². The summed E-state index contributed by atoms with van der Waals surface area (Å²) >= 11 is 0. The number of anilines is 1. The number of hydrogen-bond donors (Lipinski definition) is 1. The van der Waals surface area contributed by atoms with Gasteiger partial charge < -0.3 is 24.3 Å². The molecule has 0 unspecified atom stereocenters. The zero-order chi connectivity index (χ0) is 17.6. The van der Waals surface area contributed by atoms with Crippen LogP contribution in [0.4, 0.5) is 5.69 Å². The van der Waals surface area contributed by atoms with E-state index in [1.165, 1.54) is 6.08 Å². The van der Waals surface area contributed by atoms with Gasteiger partial charge in [0.15, 0.2) is 23.0 Å². The van der Waals surface area contributed by atoms with Gasteiger partial charge in [-0.3, -0.25) is 4.79 Å². The maximum atomic E-state index is 12.1. The zero-order valence-electron chi connectivity index (χ0n) is 14.1. The molecule has 0 spiro atoms. The molecule has 2 aromatic carbocycles. The van der Waals surface area contributed by atoms with Gasteiger partial charge >= 0.3 is 0 Å². The smallest absolute Gasteiger partial charge is 0.248 e. The molecule has 6 heteroatoms. The van der Waals surface area contributed by atoms with Crippen LogP contribution in [0.25, 0.3) is 6.08 Å². The number of carbonyl (C=O) groups is 1. The van der Waals surface area contributed by atoms with Crippen LogP contribution in [-0.4, -0.2) is 26.4 Å². The Morgan fingerprint density at radius 1 is 1.16 bits per heavy atom. The van der Waals surface area contributed by atoms with Crippen LogP contribution in [0.5, 0.6) is 23.0 Å². The number of carbonyl (C=O) groups excluding carboxylic acids is 1. The normalized spacial score (nSPS) is 12.2. The van der Waals surface area contributed by atoms with Crippen LogP contribution < -0.4 is 24.3 Å². The third kappa shape index (κ3) is 4.03. The Morgan fingerprint density at radius 2 is 2.00 bits per heavy atom. The monoisotopic (exact) mass is 341 g/mol. The molecule has 3 rings (SSSR count). The fourth-order valence-electron chi connectivity index (χ4n) is 2.39. The van der Waals surface area contributed by atoms with Crippen LogP contribution in [0.2, 0.25) is 0 Å². The van der Waals surface area contributed by atoms with Crippen molar-refractivity contribution >= 4 is 17.7 Å². The number of methoxy groups -OCH3 is 1. The van der Waals surface area contributed by atoms with Crippen LogP contribution in [0, 0.1) is 0 Å². The molecule has 0 atom stereocenters. The molecule has 0 aliphatic carbocycles. The van der Waals surface area contributed by atoms with E-state index >= 15 is 0 Å². The number of rotatable bonds is 6. The summed E-state index contributed by atoms with van der Waals surface area (Å²) in [6.45, 7) is 2.67. The zero-order valence-corrected chi connectivity index (χ0v) is 14.1. The van der Waals surface area contributed by atoms with Crippen molar-refractivity contribution in [1.29, 1.82) is 0 Å². The predicted octanol–water partition coefficient (Wildman–Crippen LogP) is 3.47. The minimum Gasteiger partial charge on any atom is -0.493 e. The largest absolute Gasteiger partial charge is 0.493 e. The fourth-order valence-corrected chi connectivity index (χ4v) is 2.39. The van der Waals surface area contributed by atoms with E-state index in [9.17, 15) is 4.79 Å². The van der Waals surface area contributed by atoms with Gasteiger partial charge in [-0.2, -0.15) is 0 Å². The summed E-state index contributed by atoms with van der Waals surface area (Å²) in [5.41, 5.74) is 1.48. The fraction of sp³-hybridized carbons (Fsp3) is 0.211. The van der Waals surface area contributed by atoms with Gasteiger partial charge in [0.05, 0.1) is 13.7 Å². The lowest BCUT2D eigenvalue weighted by molar-refractivity contribution is -0.111. The second-order valence-corrected chi connectivity index (χ2v) is 5.23. The van der Waals surface area contributed by atoms with E-state index in [2.05, 4.69) is 5.32 Å². The number of amides is 1. The Bertz CT molecular complexity index is 800. The first kappa shape index (κ1) is 16.7. The van der Waals surface area contributed by atoms with Gasteiger partial charge in [-0.15, -0.1) is 0 Å². The molecule has 25 heavy (non-hydrogen) atoms. The van der Waals surface area contributed by atoms with Crippen molar-refractivity contribution in [2.45, 2.75) is 6.92 Å². The van der Waals surface area contributed by atoms with Gasteiger partial charge in [-0.05, 0) is 42.8 Å². The Kier molecular flexibility index (Phi) is 5.09. The van der Waals surface area contributed by atoms with Crippen molar-refractivity contribution < 1.29 is 23.7 Å². The van der Waals surface area contributed by atoms with Crippen LogP contribution in [0.15, 0.2) is 42.5 Å². The average Bonchev–Trinajstić information content (AvgIpc) is 3.09. The molecule has 6 nitrogen and oxygen atoms in total. The highest BCUT2D eigenvalue weighted by atomic mass is 16.7. The van der Waals surface area contributed by atoms with Crippen molar-refractivity contribution in [2.24, 2.45) is 0 Å². The Hall–Kier alpha value is -3.15. The average molecular weight is 341 g/mol. The molecule has 0 saturated heterocycles. The molecule has 1 heterocycles. The van der Waals surface area contributed by atoms with Gasteiger partial charge in [-0.1, -0.05) is 6.07 Å². The van der Waals surface area contributed by atoms with Gasteiger partial charge in [0, 0.05) is 17.8 Å². The molecular weight excluding hydrogens is 322 g/mol. The molecule has 1 amide bonds. The van der Waals surface area contributed by atoms with Crippen molar-refractivity contribution in [3.63, 3.8) is 0 Å². The van der Waals surface area contributed by atoms with Crippen molar-refractivity contribution in [3.05, 3.63) is 48.0 Å². The van der Waals surface area contributed by atoms with Crippen molar-refractivity contribution in [3.8, 4) is 23.0 Å². The van der Waals surface area contributed by atoms with Crippen molar-refractivity contribution in [2.75, 3.05) is 25.8 Å². The van der Waals surface area contributed by atoms with E-state index < -0.39 is 0 Å². The quantitative estimate of drug-likeness (QED) is 0.815. The van der Waals surface area contributed by atoms with Gasteiger partial charge in [0.2, 0.25) is 12.7 Å². The molecular formula is C19H19NO5. The van der Waals surface area contributed by atoms with E-state index in [0.29, 0.717) is 35.3 Å². The van der Waals surface area contributed by atoms with E-state index in [4.69, 9.17) is 18.9 Å². The Labute approximate surface area is 146 Å². The summed E-state index contributed by atoms with van der Waals surface area (Å²) in [6.07, 6.45) is 3.17. The van der Waals surface area contributed by atoms with Gasteiger partial charge in [0.25, 0.3) is 0 Å². The van der Waals surface area contributed by atoms with Crippen LogP contribution >= 0.6 is 0 Å². The van der Waals surface area contributed by atoms with E-state index in [-0.39, 0.29) is 12.7 Å². The number of hydrogen-bond acceptors (Lipinski definition) is 5. The Morgan fingerprint density at radius 3 is 2.80 bits per heavy atom. The summed E-state index contributed by atoms with van der Waals surface area (Å²) in [6, 6.07) is 10.7. The second-order valence-electron chi connectivity index (χ2n) is 5.23. The third-order valence-electron chi connectivity index (χ3n) is 3.55. The number of ether oxygens (including phenoxy) is 4. The van der Waals surface area contributed by atoms with Crippen LogP contribution in [0.3, 0.4) is 0 Å². The molecule has 2 aromatic rings. The number of benzene rings is 2. The lowest BCUT2D eigenvalue weighted by Crippen LogP contribution is -2.07. The number of fused-ring (bicyclic) bond motifs is 1. The third-order valence-corrected chi connectivity index (χ3v) is 3.55. The van der Waals surface area contributed by atoms with E-state index in [1.807, 2.05) is 25.1 Å². The maximum absolute atomic E-state index is 12.1. The standard InChI is InChI=1S/C19H19NO5/c1-3-23-15-7-4-13(10-17(15)22-2)5-9-19(21)20-14-6-8-16-18(11-14)25-12-24-16/h4-11H,3,12H2,1-2H3,(H,20,21)/b9-5-. The predicted molar refractivity (Wildman–Crippen MR) is 94.4 cm³/mol. The van der Waals surface area contributed by atoms with E-state index in [0.717, 1.165) is 5.56 Å². The summed E-state index contributed by atoms with van der Waals surface area (Å²) in [4.78, 5) is 12.1. The lowest BCUT2D eigenvalue weighted by atomic mass is 10.2. The molecule has 130 valence electrons. The molecule has 1 N–H and O–H groups in total. The highest BCUT2D eigenvalue weighted by molar-refractivity contribution is 6.02. The van der Waals surface area contributed by atoms with Crippen molar-refractivity contribution in [1.82, 2.24) is 0 Å². The topological polar surface area (TPSA) is 66.0 Å². The summed E-state index contributed by atoms with van der Waals surface area (Å²) in [7, 11) is 1.58. The van der Waals surface area contributed by atoms with Gasteiger partial charge in [0.1, 0.15) is 0 Å². The molecule has 1 aliphatic rings. The maximum Gasteiger partial charge on any atom is 0.248 e. The molecule has 1 aliphatic heterocycles. The first-order valence-electron chi connectivity index (χ1n) is 7.89. The lowest BCUT2D eigenvalue weighted by Gasteiger charge is -2.09. The highest BCUT2D eigenvalue weighted by Gasteiger charge is 2.13. The molecule has 0 saturated carbocycles. The van der Waals surface area contributed by atoms with Crippen LogP contribution in [-0.2, 0) is 4.79 Å². The molecule has 0 fully saturated rings. The minimum absolute atomic E-state index is 0.201. The van der Waals surface area contributed by atoms with E-state index in [1.54, 1.807) is 31.4 Å². The SMILES string of the molecule is CCOc1ccc(/C=C\C(=O)Nc2ccc3c(c2)OCO3)cc1OC. The summed E-state index contributed by atoms with van der Waals surface area (Å²) < 4.78 is 21.3. The molecule has 0 radical (unpaired) electrons. The summed E-state index contributed by atoms with van der Waals surface area (Å²) in [5, 5.41) is 2.78. The minimum atomic E-state index is -0.244.